The Morgan fingerprint density at radius 1 is 1.35 bits per heavy atom. The lowest BCUT2D eigenvalue weighted by molar-refractivity contribution is 0.112. The molecule has 0 spiro atoms. The van der Waals surface area contributed by atoms with Gasteiger partial charge in [-0.25, -0.2) is 0 Å². The van der Waals surface area contributed by atoms with Crippen molar-refractivity contribution in [1.29, 1.82) is 0 Å². The molecule has 3 nitrogen and oxygen atoms in total. The zero-order chi connectivity index (χ0) is 12.3. The van der Waals surface area contributed by atoms with Crippen LogP contribution < -0.4 is 4.74 Å². The number of hydrogen-bond acceptors (Lipinski definition) is 3. The fourth-order valence-electron chi connectivity index (χ4n) is 2.22. The third kappa shape index (κ3) is 3.19. The van der Waals surface area contributed by atoms with Gasteiger partial charge in [0.25, 0.3) is 0 Å². The lowest BCUT2D eigenvalue weighted by Gasteiger charge is -2.30. The van der Waals surface area contributed by atoms with Gasteiger partial charge in [-0.3, -0.25) is 4.98 Å². The Kier molecular flexibility index (Phi) is 4.00. The van der Waals surface area contributed by atoms with E-state index in [0.29, 0.717) is 12.0 Å². The van der Waals surface area contributed by atoms with Crippen molar-refractivity contribution in [3.63, 3.8) is 0 Å². The van der Waals surface area contributed by atoms with Gasteiger partial charge in [0.15, 0.2) is 0 Å². The van der Waals surface area contributed by atoms with Gasteiger partial charge < -0.3 is 9.64 Å². The third-order valence-corrected chi connectivity index (χ3v) is 3.31. The highest BCUT2D eigenvalue weighted by Crippen LogP contribution is 2.26. The highest BCUT2D eigenvalue weighted by atomic mass is 16.5. The van der Waals surface area contributed by atoms with E-state index in [1.165, 1.54) is 0 Å². The van der Waals surface area contributed by atoms with Crippen LogP contribution in [0, 0.1) is 0 Å². The lowest BCUT2D eigenvalue weighted by Crippen LogP contribution is -2.35. The number of likely N-dealkylation sites (tertiary alicyclic amines) is 1. The van der Waals surface area contributed by atoms with E-state index in [4.69, 9.17) is 4.74 Å². The van der Waals surface area contributed by atoms with Gasteiger partial charge in [-0.1, -0.05) is 13.8 Å². The quantitative estimate of drug-likeness (QED) is 0.804. The summed E-state index contributed by atoms with van der Waals surface area (Å²) in [5, 5.41) is 0. The van der Waals surface area contributed by atoms with Gasteiger partial charge >= 0.3 is 0 Å². The van der Waals surface area contributed by atoms with Crippen LogP contribution in [0.15, 0.2) is 18.3 Å². The second-order valence-corrected chi connectivity index (χ2v) is 5.16. The molecule has 0 radical (unpaired) electrons. The molecular formula is C14H22N2O. The van der Waals surface area contributed by atoms with E-state index in [1.54, 1.807) is 0 Å². The van der Waals surface area contributed by atoms with Crippen molar-refractivity contribution in [3.05, 3.63) is 24.0 Å². The highest BCUT2D eigenvalue weighted by Gasteiger charge is 2.19. The molecule has 3 heteroatoms. The molecule has 0 N–H and O–H groups in total. The number of aromatic nitrogens is 1. The fourth-order valence-corrected chi connectivity index (χ4v) is 2.22. The van der Waals surface area contributed by atoms with Crippen LogP contribution in [0.25, 0.3) is 0 Å². The van der Waals surface area contributed by atoms with Crippen LogP contribution in [0.1, 0.15) is 38.3 Å². The second kappa shape index (κ2) is 5.50. The van der Waals surface area contributed by atoms with Crippen molar-refractivity contribution in [3.8, 4) is 5.75 Å². The Morgan fingerprint density at radius 3 is 2.71 bits per heavy atom. The Balaban J connectivity index is 2.03. The predicted octanol–water partition coefficient (Wildman–Crippen LogP) is 2.68. The van der Waals surface area contributed by atoms with Crippen LogP contribution >= 0.6 is 0 Å². The molecule has 1 aliphatic rings. The number of piperidine rings is 1. The van der Waals surface area contributed by atoms with Crippen LogP contribution in [0.3, 0.4) is 0 Å². The summed E-state index contributed by atoms with van der Waals surface area (Å²) in [7, 11) is 2.17. The maximum Gasteiger partial charge on any atom is 0.141 e. The number of pyridine rings is 1. The van der Waals surface area contributed by atoms with Crippen molar-refractivity contribution < 1.29 is 4.74 Å². The first kappa shape index (κ1) is 12.4. The Labute approximate surface area is 104 Å². The topological polar surface area (TPSA) is 25.4 Å². The zero-order valence-corrected chi connectivity index (χ0v) is 11.0. The summed E-state index contributed by atoms with van der Waals surface area (Å²) < 4.78 is 6.11. The van der Waals surface area contributed by atoms with E-state index in [9.17, 15) is 0 Å². The average Bonchev–Trinajstić information content (AvgIpc) is 2.32. The van der Waals surface area contributed by atoms with Gasteiger partial charge in [-0.05, 0) is 37.9 Å². The minimum absolute atomic E-state index is 0.355. The van der Waals surface area contributed by atoms with Gasteiger partial charge in [0.1, 0.15) is 11.9 Å². The van der Waals surface area contributed by atoms with E-state index < -0.39 is 0 Å². The molecule has 1 fully saturated rings. The standard InChI is InChI=1S/C14H22N2O/c1-11(2)14-13(5-4-8-15-14)17-12-6-9-16(3)10-7-12/h4-5,8,11-12H,6-7,9-10H2,1-3H3. The fraction of sp³-hybridized carbons (Fsp3) is 0.643. The first-order chi connectivity index (χ1) is 8.16. The summed E-state index contributed by atoms with van der Waals surface area (Å²) in [6.07, 6.45) is 4.43. The normalized spacial score (nSPS) is 18.6. The summed E-state index contributed by atoms with van der Waals surface area (Å²) in [5.41, 5.74) is 1.08. The van der Waals surface area contributed by atoms with E-state index in [-0.39, 0.29) is 0 Å². The first-order valence-electron chi connectivity index (χ1n) is 6.47. The maximum atomic E-state index is 6.11. The third-order valence-electron chi connectivity index (χ3n) is 3.31. The van der Waals surface area contributed by atoms with E-state index in [1.807, 2.05) is 18.3 Å². The summed E-state index contributed by atoms with van der Waals surface area (Å²) >= 11 is 0. The van der Waals surface area contributed by atoms with Crippen LogP contribution in [0.4, 0.5) is 0 Å². The molecule has 0 saturated carbocycles. The van der Waals surface area contributed by atoms with Crippen molar-refractivity contribution in [2.24, 2.45) is 0 Å². The molecule has 1 aliphatic heterocycles. The maximum absolute atomic E-state index is 6.11. The van der Waals surface area contributed by atoms with Crippen molar-refractivity contribution in [2.75, 3.05) is 20.1 Å². The van der Waals surface area contributed by atoms with Gasteiger partial charge in [0.2, 0.25) is 0 Å². The molecule has 0 atom stereocenters. The molecular weight excluding hydrogens is 212 g/mol. The largest absolute Gasteiger partial charge is 0.488 e. The molecule has 94 valence electrons. The highest BCUT2D eigenvalue weighted by molar-refractivity contribution is 5.29. The predicted molar refractivity (Wildman–Crippen MR) is 69.5 cm³/mol. The molecule has 1 saturated heterocycles. The van der Waals surface area contributed by atoms with E-state index in [0.717, 1.165) is 37.4 Å². The van der Waals surface area contributed by atoms with Crippen molar-refractivity contribution in [2.45, 2.75) is 38.7 Å². The first-order valence-corrected chi connectivity index (χ1v) is 6.47. The minimum Gasteiger partial charge on any atom is -0.488 e. The molecule has 0 bridgehead atoms. The summed E-state index contributed by atoms with van der Waals surface area (Å²) in [5.74, 6) is 1.38. The van der Waals surface area contributed by atoms with Gasteiger partial charge in [0, 0.05) is 19.3 Å². The molecule has 0 amide bonds. The minimum atomic E-state index is 0.355. The number of nitrogens with zero attached hydrogens (tertiary/aromatic N) is 2. The second-order valence-electron chi connectivity index (χ2n) is 5.16. The molecule has 1 aromatic rings. The molecule has 2 rings (SSSR count). The number of hydrogen-bond donors (Lipinski definition) is 0. The van der Waals surface area contributed by atoms with Gasteiger partial charge in [0.05, 0.1) is 5.69 Å². The molecule has 0 unspecified atom stereocenters. The molecule has 0 aliphatic carbocycles. The molecule has 17 heavy (non-hydrogen) atoms. The summed E-state index contributed by atoms with van der Waals surface area (Å²) in [4.78, 5) is 6.78. The van der Waals surface area contributed by atoms with Crippen LogP contribution in [0.5, 0.6) is 5.75 Å². The summed E-state index contributed by atoms with van der Waals surface area (Å²) in [6, 6.07) is 4.00. The Bertz CT molecular complexity index is 357. The lowest BCUT2D eigenvalue weighted by atomic mass is 10.1. The Morgan fingerprint density at radius 2 is 2.06 bits per heavy atom. The van der Waals surface area contributed by atoms with Crippen LogP contribution in [-0.4, -0.2) is 36.1 Å². The van der Waals surface area contributed by atoms with Crippen molar-refractivity contribution >= 4 is 0 Å². The van der Waals surface area contributed by atoms with Crippen LogP contribution in [0.2, 0.25) is 0 Å². The Hall–Kier alpha value is -1.09. The van der Waals surface area contributed by atoms with E-state index >= 15 is 0 Å². The molecule has 0 aromatic carbocycles. The number of ether oxygens (including phenoxy) is 1. The SMILES string of the molecule is CC(C)c1ncccc1OC1CCN(C)CC1. The zero-order valence-electron chi connectivity index (χ0n) is 11.0. The van der Waals surface area contributed by atoms with Gasteiger partial charge in [-0.15, -0.1) is 0 Å². The van der Waals surface area contributed by atoms with E-state index in [2.05, 4.69) is 30.8 Å². The smallest absolute Gasteiger partial charge is 0.141 e. The average molecular weight is 234 g/mol. The van der Waals surface area contributed by atoms with Gasteiger partial charge in [-0.2, -0.15) is 0 Å². The van der Waals surface area contributed by atoms with Crippen LogP contribution in [-0.2, 0) is 0 Å². The van der Waals surface area contributed by atoms with Crippen molar-refractivity contribution in [1.82, 2.24) is 9.88 Å². The molecule has 1 aromatic heterocycles. The monoisotopic (exact) mass is 234 g/mol. The summed E-state index contributed by atoms with van der Waals surface area (Å²) in [6.45, 7) is 6.57. The number of rotatable bonds is 3. The molecule has 2 heterocycles.